The van der Waals surface area contributed by atoms with Gasteiger partial charge in [-0.1, -0.05) is 24.3 Å². The summed E-state index contributed by atoms with van der Waals surface area (Å²) in [4.78, 5) is 9.51. The molecule has 0 aliphatic carbocycles. The Kier molecular flexibility index (Phi) is 8.91. The van der Waals surface area contributed by atoms with E-state index in [0.29, 0.717) is 6.04 Å². The van der Waals surface area contributed by atoms with Crippen LogP contribution in [-0.4, -0.2) is 55.5 Å². The Morgan fingerprint density at radius 1 is 1.39 bits per heavy atom. The standard InChI is InChI=1S/C18H30N4.HI/c1-5-19-18(20-13-17-11-8-12-21(17)3)22(4)14-16-10-7-6-9-15(16)2;/h6-7,9-10,17H,5,8,11-14H2,1-4H3,(H,19,20);1H. The fourth-order valence-corrected chi connectivity index (χ4v) is 2.99. The summed E-state index contributed by atoms with van der Waals surface area (Å²) in [6.07, 6.45) is 2.56. The number of halogens is 1. The normalized spacial score (nSPS) is 18.6. The molecule has 130 valence electrons. The predicted molar refractivity (Wildman–Crippen MR) is 110 cm³/mol. The minimum atomic E-state index is 0. The molecule has 1 saturated heterocycles. The van der Waals surface area contributed by atoms with Crippen LogP contribution in [-0.2, 0) is 6.54 Å². The number of aryl methyl sites for hydroxylation is 1. The molecule has 0 radical (unpaired) electrons. The van der Waals surface area contributed by atoms with Crippen LogP contribution in [0.1, 0.15) is 30.9 Å². The lowest BCUT2D eigenvalue weighted by Crippen LogP contribution is -2.39. The Hall–Kier alpha value is -0.820. The molecule has 5 heteroatoms. The smallest absolute Gasteiger partial charge is 0.194 e. The van der Waals surface area contributed by atoms with E-state index in [-0.39, 0.29) is 24.0 Å². The first-order chi connectivity index (χ1) is 10.6. The van der Waals surface area contributed by atoms with Crippen LogP contribution in [0, 0.1) is 6.92 Å². The first-order valence-corrected chi connectivity index (χ1v) is 8.36. The molecule has 0 aromatic heterocycles. The number of likely N-dealkylation sites (tertiary alicyclic amines) is 1. The Morgan fingerprint density at radius 3 is 2.74 bits per heavy atom. The van der Waals surface area contributed by atoms with E-state index < -0.39 is 0 Å². The fourth-order valence-electron chi connectivity index (χ4n) is 2.99. The molecule has 1 heterocycles. The number of nitrogens with one attached hydrogen (secondary N) is 1. The predicted octanol–water partition coefficient (Wildman–Crippen LogP) is 3.10. The van der Waals surface area contributed by atoms with Crippen molar-refractivity contribution < 1.29 is 0 Å². The van der Waals surface area contributed by atoms with Gasteiger partial charge in [0.25, 0.3) is 0 Å². The zero-order valence-corrected chi connectivity index (χ0v) is 17.2. The van der Waals surface area contributed by atoms with E-state index in [9.17, 15) is 0 Å². The molecule has 1 aromatic carbocycles. The van der Waals surface area contributed by atoms with Gasteiger partial charge in [0.05, 0.1) is 6.54 Å². The highest BCUT2D eigenvalue weighted by Gasteiger charge is 2.20. The van der Waals surface area contributed by atoms with Crippen LogP contribution in [0.3, 0.4) is 0 Å². The third-order valence-corrected chi connectivity index (χ3v) is 4.49. The van der Waals surface area contributed by atoms with E-state index in [4.69, 9.17) is 4.99 Å². The molecule has 0 saturated carbocycles. The molecular weight excluding hydrogens is 399 g/mol. The molecule has 1 aromatic rings. The van der Waals surface area contributed by atoms with E-state index >= 15 is 0 Å². The average molecular weight is 430 g/mol. The van der Waals surface area contributed by atoms with E-state index in [1.54, 1.807) is 0 Å². The van der Waals surface area contributed by atoms with Crippen molar-refractivity contribution >= 4 is 29.9 Å². The fraction of sp³-hybridized carbons (Fsp3) is 0.611. The summed E-state index contributed by atoms with van der Waals surface area (Å²) in [6.45, 7) is 8.17. The van der Waals surface area contributed by atoms with Gasteiger partial charge in [0.1, 0.15) is 0 Å². The van der Waals surface area contributed by atoms with Crippen LogP contribution in [0.15, 0.2) is 29.3 Å². The lowest BCUT2D eigenvalue weighted by molar-refractivity contribution is 0.316. The molecule has 1 fully saturated rings. The second kappa shape index (κ2) is 10.1. The number of aliphatic imine (C=N–C) groups is 1. The summed E-state index contributed by atoms with van der Waals surface area (Å²) in [5.41, 5.74) is 2.69. The Labute approximate surface area is 158 Å². The molecule has 4 nitrogen and oxygen atoms in total. The van der Waals surface area contributed by atoms with Gasteiger partial charge < -0.3 is 15.1 Å². The summed E-state index contributed by atoms with van der Waals surface area (Å²) in [5, 5.41) is 3.42. The monoisotopic (exact) mass is 430 g/mol. The SMILES string of the molecule is CCNC(=NCC1CCCN1C)N(C)Cc1ccccc1C.I. The number of guanidine groups is 1. The van der Waals surface area contributed by atoms with Gasteiger partial charge in [-0.3, -0.25) is 4.99 Å². The number of nitrogens with zero attached hydrogens (tertiary/aromatic N) is 3. The third kappa shape index (κ3) is 5.95. The molecule has 0 amide bonds. The second-order valence-corrected chi connectivity index (χ2v) is 6.25. The zero-order valence-electron chi connectivity index (χ0n) is 14.9. The topological polar surface area (TPSA) is 30.9 Å². The van der Waals surface area contributed by atoms with E-state index in [1.807, 2.05) is 0 Å². The minimum absolute atomic E-state index is 0. The van der Waals surface area contributed by atoms with Crippen molar-refractivity contribution in [1.82, 2.24) is 15.1 Å². The van der Waals surface area contributed by atoms with Crippen LogP contribution in [0.2, 0.25) is 0 Å². The van der Waals surface area contributed by atoms with Crippen molar-refractivity contribution in [2.24, 2.45) is 4.99 Å². The van der Waals surface area contributed by atoms with Gasteiger partial charge in [-0.2, -0.15) is 0 Å². The summed E-state index contributed by atoms with van der Waals surface area (Å²) >= 11 is 0. The van der Waals surface area contributed by atoms with Crippen LogP contribution in [0.5, 0.6) is 0 Å². The number of rotatable bonds is 5. The number of benzene rings is 1. The Balaban J connectivity index is 0.00000264. The van der Waals surface area contributed by atoms with Crippen LogP contribution in [0.4, 0.5) is 0 Å². The lowest BCUT2D eigenvalue weighted by atomic mass is 10.1. The van der Waals surface area contributed by atoms with E-state index in [0.717, 1.165) is 25.6 Å². The third-order valence-electron chi connectivity index (χ3n) is 4.49. The van der Waals surface area contributed by atoms with Gasteiger partial charge in [0.15, 0.2) is 5.96 Å². The summed E-state index contributed by atoms with van der Waals surface area (Å²) in [6, 6.07) is 9.16. The van der Waals surface area contributed by atoms with Crippen molar-refractivity contribution in [1.29, 1.82) is 0 Å². The summed E-state index contributed by atoms with van der Waals surface area (Å²) in [7, 11) is 4.32. The summed E-state index contributed by atoms with van der Waals surface area (Å²) < 4.78 is 0. The van der Waals surface area contributed by atoms with E-state index in [2.05, 4.69) is 67.3 Å². The van der Waals surface area contributed by atoms with Gasteiger partial charge >= 0.3 is 0 Å². The van der Waals surface area contributed by atoms with Gasteiger partial charge in [-0.25, -0.2) is 0 Å². The Bertz CT molecular complexity index is 504. The number of hydrogen-bond acceptors (Lipinski definition) is 2. The van der Waals surface area contributed by atoms with Crippen molar-refractivity contribution in [3.05, 3.63) is 35.4 Å². The highest BCUT2D eigenvalue weighted by molar-refractivity contribution is 14.0. The summed E-state index contributed by atoms with van der Waals surface area (Å²) in [5.74, 6) is 1.01. The molecule has 1 N–H and O–H groups in total. The first-order valence-electron chi connectivity index (χ1n) is 8.36. The molecule has 1 unspecified atom stereocenters. The molecule has 23 heavy (non-hydrogen) atoms. The second-order valence-electron chi connectivity index (χ2n) is 6.25. The van der Waals surface area contributed by atoms with Gasteiger partial charge in [0, 0.05) is 26.2 Å². The zero-order chi connectivity index (χ0) is 15.9. The molecule has 0 spiro atoms. The highest BCUT2D eigenvalue weighted by Crippen LogP contribution is 2.15. The quantitative estimate of drug-likeness (QED) is 0.443. The Morgan fingerprint density at radius 2 is 2.13 bits per heavy atom. The minimum Gasteiger partial charge on any atom is -0.357 e. The maximum Gasteiger partial charge on any atom is 0.194 e. The van der Waals surface area contributed by atoms with Crippen LogP contribution >= 0.6 is 24.0 Å². The number of hydrogen-bond donors (Lipinski definition) is 1. The first kappa shape index (κ1) is 20.2. The van der Waals surface area contributed by atoms with Gasteiger partial charge in [-0.15, -0.1) is 24.0 Å². The molecular formula is C18H31IN4. The van der Waals surface area contributed by atoms with Crippen molar-refractivity contribution in [2.75, 3.05) is 33.7 Å². The van der Waals surface area contributed by atoms with Crippen LogP contribution < -0.4 is 5.32 Å². The van der Waals surface area contributed by atoms with Crippen molar-refractivity contribution in [2.45, 2.75) is 39.3 Å². The maximum absolute atomic E-state index is 4.86. The molecule has 2 rings (SSSR count). The maximum atomic E-state index is 4.86. The van der Waals surface area contributed by atoms with Crippen molar-refractivity contribution in [3.8, 4) is 0 Å². The molecule has 1 aliphatic rings. The van der Waals surface area contributed by atoms with Gasteiger partial charge in [0.2, 0.25) is 0 Å². The molecule has 1 atom stereocenters. The molecule has 1 aliphatic heterocycles. The van der Waals surface area contributed by atoms with E-state index in [1.165, 1.54) is 30.5 Å². The largest absolute Gasteiger partial charge is 0.357 e. The highest BCUT2D eigenvalue weighted by atomic mass is 127. The van der Waals surface area contributed by atoms with Crippen LogP contribution in [0.25, 0.3) is 0 Å². The average Bonchev–Trinajstić information content (AvgIpc) is 2.91. The van der Waals surface area contributed by atoms with Crippen molar-refractivity contribution in [3.63, 3.8) is 0 Å². The molecule has 0 bridgehead atoms. The van der Waals surface area contributed by atoms with Gasteiger partial charge in [-0.05, 0) is 51.4 Å². The number of likely N-dealkylation sites (N-methyl/N-ethyl adjacent to an activating group) is 1. The lowest BCUT2D eigenvalue weighted by Gasteiger charge is -2.24.